The van der Waals surface area contributed by atoms with Gasteiger partial charge >= 0.3 is 6.18 Å². The quantitative estimate of drug-likeness (QED) is 0.541. The fourth-order valence-electron chi connectivity index (χ4n) is 2.59. The van der Waals surface area contributed by atoms with Gasteiger partial charge in [-0.1, -0.05) is 17.7 Å². The van der Waals surface area contributed by atoms with Crippen LogP contribution in [0.1, 0.15) is 16.1 Å². The van der Waals surface area contributed by atoms with Crippen LogP contribution in [0.3, 0.4) is 0 Å². The van der Waals surface area contributed by atoms with Crippen molar-refractivity contribution in [2.24, 2.45) is 5.14 Å². The third-order valence-corrected chi connectivity index (χ3v) is 4.51. The van der Waals surface area contributed by atoms with Crippen LogP contribution in [0.25, 0.3) is 5.69 Å². The van der Waals surface area contributed by atoms with E-state index < -0.39 is 33.6 Å². The predicted molar refractivity (Wildman–Crippen MR) is 105 cm³/mol. The fourth-order valence-corrected chi connectivity index (χ4v) is 3.17. The Morgan fingerprint density at radius 2 is 1.73 bits per heavy atom. The van der Waals surface area contributed by atoms with Gasteiger partial charge in [0.2, 0.25) is 0 Å². The first-order chi connectivity index (χ1) is 13.9. The molecule has 13 heteroatoms. The average molecular weight is 460 g/mol. The van der Waals surface area contributed by atoms with Gasteiger partial charge in [0.25, 0.3) is 16.1 Å². The normalized spacial score (nSPS) is 11.9. The number of amides is 1. The Hall–Kier alpha value is -3.09. The van der Waals surface area contributed by atoms with Crippen molar-refractivity contribution in [1.29, 1.82) is 0 Å². The highest BCUT2D eigenvalue weighted by Crippen LogP contribution is 2.34. The number of rotatable bonds is 5. The van der Waals surface area contributed by atoms with Crippen molar-refractivity contribution in [3.05, 3.63) is 71.0 Å². The second-order valence-corrected chi connectivity index (χ2v) is 7.71. The van der Waals surface area contributed by atoms with Gasteiger partial charge in [-0.05, 0) is 42.5 Å². The number of nitrogens with two attached hydrogens (primary N) is 1. The summed E-state index contributed by atoms with van der Waals surface area (Å²) in [5.74, 6) is -1.09. The maximum Gasteiger partial charge on any atom is 0.434 e. The van der Waals surface area contributed by atoms with Gasteiger partial charge in [0.05, 0.1) is 23.1 Å². The summed E-state index contributed by atoms with van der Waals surface area (Å²) in [6.45, 7) is 0. The summed E-state index contributed by atoms with van der Waals surface area (Å²) in [6.07, 6.45) is -4.10. The lowest BCUT2D eigenvalue weighted by Crippen LogP contribution is -2.22. The van der Waals surface area contributed by atoms with Gasteiger partial charge in [-0.2, -0.15) is 26.7 Å². The number of nitrogens with one attached hydrogen (secondary N) is 2. The van der Waals surface area contributed by atoms with Crippen molar-refractivity contribution in [2.75, 3.05) is 10.0 Å². The zero-order valence-corrected chi connectivity index (χ0v) is 16.4. The maximum absolute atomic E-state index is 13.7. The summed E-state index contributed by atoms with van der Waals surface area (Å²) >= 11 is 5.76. The van der Waals surface area contributed by atoms with Crippen molar-refractivity contribution < 1.29 is 26.4 Å². The van der Waals surface area contributed by atoms with Crippen LogP contribution < -0.4 is 15.2 Å². The molecule has 0 unspecified atom stereocenters. The molecule has 3 rings (SSSR count). The Morgan fingerprint density at radius 1 is 1.10 bits per heavy atom. The number of nitrogens with zero attached hydrogens (tertiary/aromatic N) is 2. The van der Waals surface area contributed by atoms with Gasteiger partial charge in [-0.25, -0.2) is 9.82 Å². The second-order valence-electron chi connectivity index (χ2n) is 5.97. The molecular weight excluding hydrogens is 447 g/mol. The molecule has 0 radical (unpaired) electrons. The maximum atomic E-state index is 13.7. The minimum absolute atomic E-state index is 0.0169. The zero-order valence-electron chi connectivity index (χ0n) is 14.8. The number of benzene rings is 2. The van der Waals surface area contributed by atoms with Crippen molar-refractivity contribution in [3.63, 3.8) is 0 Å². The Labute approximate surface area is 173 Å². The van der Waals surface area contributed by atoms with Crippen LogP contribution in [-0.4, -0.2) is 24.1 Å². The number of aromatic nitrogens is 2. The van der Waals surface area contributed by atoms with E-state index in [0.717, 1.165) is 6.20 Å². The first kappa shape index (κ1) is 21.6. The van der Waals surface area contributed by atoms with Crippen molar-refractivity contribution >= 4 is 39.1 Å². The van der Waals surface area contributed by atoms with Crippen molar-refractivity contribution in [1.82, 2.24) is 9.78 Å². The molecule has 1 heterocycles. The Bertz CT molecular complexity index is 1190. The summed E-state index contributed by atoms with van der Waals surface area (Å²) in [5.41, 5.74) is -1.88. The van der Waals surface area contributed by atoms with E-state index in [-0.39, 0.29) is 17.1 Å². The molecule has 4 N–H and O–H groups in total. The standard InChI is InChI=1S/C17H13ClF3N5O3S/c18-10-4-6-13(7-5-10)26-15(17(19,20)21)14(9-23-26)16(27)24-11-2-1-3-12(8-11)25-30(22,28)29/h1-9,25H,(H,24,27)(H2,22,28,29). The number of hydrogen-bond donors (Lipinski definition) is 3. The van der Waals surface area contributed by atoms with Crippen LogP contribution in [0, 0.1) is 0 Å². The number of halogens is 4. The van der Waals surface area contributed by atoms with Gasteiger partial charge in [0.1, 0.15) is 0 Å². The van der Waals surface area contributed by atoms with Crippen molar-refractivity contribution in [2.45, 2.75) is 6.18 Å². The van der Waals surface area contributed by atoms with E-state index in [1.54, 1.807) is 0 Å². The van der Waals surface area contributed by atoms with Crippen LogP contribution in [-0.2, 0) is 16.4 Å². The molecule has 158 valence electrons. The largest absolute Gasteiger partial charge is 0.434 e. The first-order valence-electron chi connectivity index (χ1n) is 8.07. The van der Waals surface area contributed by atoms with Gasteiger partial charge in [0, 0.05) is 10.7 Å². The molecule has 2 aromatic carbocycles. The second kappa shape index (κ2) is 7.97. The van der Waals surface area contributed by atoms with Crippen LogP contribution >= 0.6 is 11.6 Å². The van der Waals surface area contributed by atoms with E-state index in [0.29, 0.717) is 9.70 Å². The zero-order chi connectivity index (χ0) is 22.1. The lowest BCUT2D eigenvalue weighted by Gasteiger charge is -2.13. The average Bonchev–Trinajstić information content (AvgIpc) is 3.07. The Kier molecular flexibility index (Phi) is 5.74. The number of anilines is 2. The molecular formula is C17H13ClF3N5O3S. The van der Waals surface area contributed by atoms with Gasteiger partial charge in [-0.15, -0.1) is 0 Å². The summed E-state index contributed by atoms with van der Waals surface area (Å²) in [4.78, 5) is 12.5. The van der Waals surface area contributed by atoms with E-state index in [1.165, 1.54) is 48.5 Å². The highest BCUT2D eigenvalue weighted by Gasteiger charge is 2.40. The highest BCUT2D eigenvalue weighted by molar-refractivity contribution is 7.90. The Balaban J connectivity index is 1.95. The molecule has 0 bridgehead atoms. The molecule has 8 nitrogen and oxygen atoms in total. The molecule has 0 aliphatic heterocycles. The van der Waals surface area contributed by atoms with Gasteiger partial charge in [0.15, 0.2) is 5.69 Å². The molecule has 3 aromatic rings. The fraction of sp³-hybridized carbons (Fsp3) is 0.0588. The van der Waals surface area contributed by atoms with Crippen LogP contribution in [0.4, 0.5) is 24.5 Å². The monoisotopic (exact) mass is 459 g/mol. The van der Waals surface area contributed by atoms with E-state index in [1.807, 2.05) is 4.72 Å². The van der Waals surface area contributed by atoms with E-state index >= 15 is 0 Å². The molecule has 0 atom stereocenters. The molecule has 30 heavy (non-hydrogen) atoms. The van der Waals surface area contributed by atoms with Crippen LogP contribution in [0.2, 0.25) is 5.02 Å². The molecule has 1 amide bonds. The molecule has 0 fully saturated rings. The minimum atomic E-state index is -4.89. The SMILES string of the molecule is NS(=O)(=O)Nc1cccc(NC(=O)c2cnn(-c3ccc(Cl)cc3)c2C(F)(F)F)c1. The number of alkyl halides is 3. The smallest absolute Gasteiger partial charge is 0.322 e. The predicted octanol–water partition coefficient (Wildman–Crippen LogP) is 3.41. The molecule has 0 spiro atoms. The lowest BCUT2D eigenvalue weighted by atomic mass is 10.2. The molecule has 0 saturated heterocycles. The van der Waals surface area contributed by atoms with Crippen molar-refractivity contribution in [3.8, 4) is 5.69 Å². The third-order valence-electron chi connectivity index (χ3n) is 3.73. The molecule has 0 aliphatic rings. The van der Waals surface area contributed by atoms with E-state index in [2.05, 4.69) is 10.4 Å². The van der Waals surface area contributed by atoms with E-state index in [9.17, 15) is 26.4 Å². The van der Waals surface area contributed by atoms with Crippen LogP contribution in [0.5, 0.6) is 0 Å². The molecule has 0 saturated carbocycles. The summed E-state index contributed by atoms with van der Waals surface area (Å²) in [7, 11) is -4.07. The van der Waals surface area contributed by atoms with Gasteiger partial charge in [-0.3, -0.25) is 9.52 Å². The number of carbonyl (C=O) groups is 1. The Morgan fingerprint density at radius 3 is 2.33 bits per heavy atom. The number of hydrogen-bond acceptors (Lipinski definition) is 4. The highest BCUT2D eigenvalue weighted by atomic mass is 35.5. The third kappa shape index (κ3) is 5.09. The lowest BCUT2D eigenvalue weighted by molar-refractivity contribution is -0.143. The number of carbonyl (C=O) groups excluding carboxylic acids is 1. The van der Waals surface area contributed by atoms with Gasteiger partial charge < -0.3 is 5.32 Å². The summed E-state index contributed by atoms with van der Waals surface area (Å²) < 4.78 is 65.9. The molecule has 1 aromatic heterocycles. The summed E-state index contributed by atoms with van der Waals surface area (Å²) in [6, 6.07) is 10.7. The molecule has 0 aliphatic carbocycles. The summed E-state index contributed by atoms with van der Waals surface area (Å²) in [5, 5.41) is 11.2. The van der Waals surface area contributed by atoms with E-state index in [4.69, 9.17) is 16.7 Å². The topological polar surface area (TPSA) is 119 Å². The first-order valence-corrected chi connectivity index (χ1v) is 9.99. The van der Waals surface area contributed by atoms with Crippen LogP contribution in [0.15, 0.2) is 54.7 Å². The minimum Gasteiger partial charge on any atom is -0.322 e.